The second-order valence-electron chi connectivity index (χ2n) is 7.22. The molecule has 0 aromatic carbocycles. The molecule has 1 saturated carbocycles. The third-order valence-corrected chi connectivity index (χ3v) is 5.96. The number of carbonyl (C=O) groups excluding carboxylic acids is 2. The predicted molar refractivity (Wildman–Crippen MR) is 88.7 cm³/mol. The summed E-state index contributed by atoms with van der Waals surface area (Å²) < 4.78 is 11.0. The van der Waals surface area contributed by atoms with Crippen molar-refractivity contribution in [3.05, 3.63) is 12.2 Å². The van der Waals surface area contributed by atoms with Crippen LogP contribution in [0.25, 0.3) is 0 Å². The zero-order valence-corrected chi connectivity index (χ0v) is 14.9. The molecule has 0 radical (unpaired) electrons. The highest BCUT2D eigenvalue weighted by Crippen LogP contribution is 2.64. The van der Waals surface area contributed by atoms with Crippen LogP contribution in [0.15, 0.2) is 12.2 Å². The molecule has 2 bridgehead atoms. The molecule has 2 aliphatic rings. The average Bonchev–Trinajstić information content (AvgIpc) is 3.10. The number of esters is 2. The molecule has 130 valence electrons. The van der Waals surface area contributed by atoms with Crippen LogP contribution < -0.4 is 0 Å². The molecule has 23 heavy (non-hydrogen) atoms. The molecule has 0 aromatic rings. The normalized spacial score (nSPS) is 34.6. The van der Waals surface area contributed by atoms with E-state index >= 15 is 0 Å². The summed E-state index contributed by atoms with van der Waals surface area (Å²) in [7, 11) is 0. The smallest absolute Gasteiger partial charge is 0.313 e. The van der Waals surface area contributed by atoms with Gasteiger partial charge in [-0.15, -0.1) is 0 Å². The minimum absolute atomic E-state index is 0.0605. The molecule has 0 aliphatic heterocycles. The maximum absolute atomic E-state index is 12.8. The van der Waals surface area contributed by atoms with E-state index in [1.165, 1.54) is 0 Å². The van der Waals surface area contributed by atoms with Gasteiger partial charge in [0.05, 0.1) is 24.0 Å². The molecule has 0 saturated heterocycles. The molecule has 4 nitrogen and oxygen atoms in total. The molecule has 0 spiro atoms. The summed E-state index contributed by atoms with van der Waals surface area (Å²) in [6.45, 7) is 8.74. The Balaban J connectivity index is 2.19. The molecule has 0 heterocycles. The number of hydrogen-bond donors (Lipinski definition) is 0. The van der Waals surface area contributed by atoms with E-state index in [1.807, 2.05) is 13.8 Å². The largest absolute Gasteiger partial charge is 0.465 e. The van der Waals surface area contributed by atoms with Crippen LogP contribution in [0.5, 0.6) is 0 Å². The van der Waals surface area contributed by atoms with Crippen molar-refractivity contribution < 1.29 is 19.1 Å². The highest BCUT2D eigenvalue weighted by Gasteiger charge is 2.69. The fourth-order valence-electron chi connectivity index (χ4n) is 3.97. The SMILES string of the molecule is CCCCOC(=O)C1(C)[C@@H]2C=C[C@H](C2)C1(C)C(=O)OCCCC. The molecule has 0 amide bonds. The van der Waals surface area contributed by atoms with E-state index in [0.717, 1.165) is 32.1 Å². The third-order valence-electron chi connectivity index (χ3n) is 5.96. The number of hydrogen-bond acceptors (Lipinski definition) is 4. The molecular weight excluding hydrogens is 292 g/mol. The van der Waals surface area contributed by atoms with Gasteiger partial charge in [-0.2, -0.15) is 0 Å². The van der Waals surface area contributed by atoms with E-state index in [1.54, 1.807) is 0 Å². The van der Waals surface area contributed by atoms with Gasteiger partial charge >= 0.3 is 11.9 Å². The lowest BCUT2D eigenvalue weighted by Gasteiger charge is -2.43. The Morgan fingerprint density at radius 1 is 0.913 bits per heavy atom. The van der Waals surface area contributed by atoms with E-state index in [4.69, 9.17) is 9.47 Å². The fourth-order valence-corrected chi connectivity index (χ4v) is 3.97. The Morgan fingerprint density at radius 2 is 1.30 bits per heavy atom. The first kappa shape index (κ1) is 18.0. The van der Waals surface area contributed by atoms with Gasteiger partial charge in [-0.3, -0.25) is 9.59 Å². The van der Waals surface area contributed by atoms with Crippen molar-refractivity contribution in [3.8, 4) is 0 Å². The Hall–Kier alpha value is -1.32. The van der Waals surface area contributed by atoms with Crippen LogP contribution in [0.4, 0.5) is 0 Å². The van der Waals surface area contributed by atoms with Crippen LogP contribution in [0, 0.1) is 22.7 Å². The molecule has 4 atom stereocenters. The average molecular weight is 322 g/mol. The zero-order valence-electron chi connectivity index (χ0n) is 14.9. The van der Waals surface area contributed by atoms with Crippen LogP contribution in [-0.2, 0) is 19.1 Å². The van der Waals surface area contributed by atoms with Gasteiger partial charge in [0.2, 0.25) is 0 Å². The number of ether oxygens (including phenoxy) is 2. The van der Waals surface area contributed by atoms with E-state index < -0.39 is 10.8 Å². The van der Waals surface area contributed by atoms with E-state index in [9.17, 15) is 9.59 Å². The molecule has 2 aliphatic carbocycles. The molecule has 4 heteroatoms. The maximum Gasteiger partial charge on any atom is 0.313 e. The Kier molecular flexibility index (Phi) is 5.53. The standard InChI is InChI=1S/C19H30O4/c1-5-7-11-22-16(20)18(3)14-9-10-15(13-14)19(18,4)17(21)23-12-8-6-2/h9-10,14-15H,5-8,11-13H2,1-4H3/t14-,15-,18?,19?/m1/s1. The molecule has 2 unspecified atom stereocenters. The summed E-state index contributed by atoms with van der Waals surface area (Å²) in [4.78, 5) is 25.6. The summed E-state index contributed by atoms with van der Waals surface area (Å²) in [5, 5.41) is 0. The van der Waals surface area contributed by atoms with Crippen molar-refractivity contribution in [2.75, 3.05) is 13.2 Å². The van der Waals surface area contributed by atoms with Crippen LogP contribution in [-0.4, -0.2) is 25.2 Å². The number of fused-ring (bicyclic) bond motifs is 2. The van der Waals surface area contributed by atoms with Crippen LogP contribution >= 0.6 is 0 Å². The molecule has 1 fully saturated rings. The van der Waals surface area contributed by atoms with Gasteiger partial charge in [-0.05, 0) is 44.9 Å². The lowest BCUT2D eigenvalue weighted by molar-refractivity contribution is -0.180. The maximum atomic E-state index is 12.8. The van der Waals surface area contributed by atoms with Crippen molar-refractivity contribution >= 4 is 11.9 Å². The Bertz CT molecular complexity index is 442. The van der Waals surface area contributed by atoms with Gasteiger partial charge in [-0.25, -0.2) is 0 Å². The summed E-state index contributed by atoms with van der Waals surface area (Å²) in [5.74, 6) is -0.383. The highest BCUT2D eigenvalue weighted by molar-refractivity contribution is 5.90. The first-order chi connectivity index (χ1) is 10.9. The van der Waals surface area contributed by atoms with Gasteiger partial charge in [0.15, 0.2) is 0 Å². The van der Waals surface area contributed by atoms with Crippen LogP contribution in [0.3, 0.4) is 0 Å². The summed E-state index contributed by atoms with van der Waals surface area (Å²) in [6.07, 6.45) is 8.64. The lowest BCUT2D eigenvalue weighted by Crippen LogP contribution is -2.53. The Morgan fingerprint density at radius 3 is 1.65 bits per heavy atom. The van der Waals surface area contributed by atoms with Gasteiger partial charge in [0.1, 0.15) is 0 Å². The first-order valence-electron chi connectivity index (χ1n) is 8.95. The minimum atomic E-state index is -0.830. The van der Waals surface area contributed by atoms with Gasteiger partial charge in [0, 0.05) is 0 Å². The first-order valence-corrected chi connectivity index (χ1v) is 8.95. The van der Waals surface area contributed by atoms with E-state index in [-0.39, 0.29) is 23.8 Å². The van der Waals surface area contributed by atoms with Crippen LogP contribution in [0.2, 0.25) is 0 Å². The predicted octanol–water partition coefficient (Wildman–Crippen LogP) is 3.89. The number of unbranched alkanes of at least 4 members (excludes halogenated alkanes) is 2. The summed E-state index contributed by atoms with van der Waals surface area (Å²) >= 11 is 0. The molecule has 0 aromatic heterocycles. The molecule has 0 N–H and O–H groups in total. The van der Waals surface area contributed by atoms with Gasteiger partial charge in [-0.1, -0.05) is 38.8 Å². The quantitative estimate of drug-likeness (QED) is 0.386. The lowest BCUT2D eigenvalue weighted by atomic mass is 9.59. The second kappa shape index (κ2) is 7.06. The van der Waals surface area contributed by atoms with Crippen molar-refractivity contribution in [3.63, 3.8) is 0 Å². The van der Waals surface area contributed by atoms with E-state index in [2.05, 4.69) is 26.0 Å². The Labute approximate surface area is 139 Å². The molecule has 2 rings (SSSR count). The fraction of sp³-hybridized carbons (Fsp3) is 0.789. The monoisotopic (exact) mass is 322 g/mol. The van der Waals surface area contributed by atoms with E-state index in [0.29, 0.717) is 13.2 Å². The van der Waals surface area contributed by atoms with Crippen molar-refractivity contribution in [2.24, 2.45) is 22.7 Å². The highest BCUT2D eigenvalue weighted by atomic mass is 16.5. The second-order valence-corrected chi connectivity index (χ2v) is 7.22. The molecular formula is C19H30O4. The van der Waals surface area contributed by atoms with Gasteiger partial charge < -0.3 is 9.47 Å². The number of carbonyl (C=O) groups is 2. The topological polar surface area (TPSA) is 52.6 Å². The summed E-state index contributed by atoms with van der Waals surface area (Å²) in [5.41, 5.74) is -1.66. The van der Waals surface area contributed by atoms with Crippen molar-refractivity contribution in [2.45, 2.75) is 59.8 Å². The van der Waals surface area contributed by atoms with Gasteiger partial charge in [0.25, 0.3) is 0 Å². The van der Waals surface area contributed by atoms with Crippen molar-refractivity contribution in [1.82, 2.24) is 0 Å². The number of rotatable bonds is 8. The third kappa shape index (κ3) is 2.81. The van der Waals surface area contributed by atoms with Crippen molar-refractivity contribution in [1.29, 1.82) is 0 Å². The van der Waals surface area contributed by atoms with Crippen LogP contribution in [0.1, 0.15) is 59.8 Å². The summed E-state index contributed by atoms with van der Waals surface area (Å²) in [6, 6.07) is 0. The number of allylic oxidation sites excluding steroid dienone is 2. The minimum Gasteiger partial charge on any atom is -0.465 e. The zero-order chi connectivity index (χ0) is 17.1.